The molecule has 1 unspecified atom stereocenters. The Morgan fingerprint density at radius 1 is 1.36 bits per heavy atom. The van der Waals surface area contributed by atoms with E-state index in [1.807, 2.05) is 30.3 Å². The molecule has 2 aromatic heterocycles. The van der Waals surface area contributed by atoms with Crippen LogP contribution in [-0.4, -0.2) is 51.6 Å². The molecule has 0 spiro atoms. The van der Waals surface area contributed by atoms with Gasteiger partial charge in [0.15, 0.2) is 17.6 Å². The van der Waals surface area contributed by atoms with Crippen molar-refractivity contribution in [3.05, 3.63) is 52.6 Å². The summed E-state index contributed by atoms with van der Waals surface area (Å²) in [5.74, 6) is 0.375. The molecule has 0 saturated carbocycles. The minimum atomic E-state index is -0.396. The topological polar surface area (TPSA) is 104 Å². The highest BCUT2D eigenvalue weighted by Gasteiger charge is 2.13. The van der Waals surface area contributed by atoms with Crippen LogP contribution in [0.4, 0.5) is 5.95 Å². The van der Waals surface area contributed by atoms with E-state index in [0.717, 1.165) is 5.56 Å². The summed E-state index contributed by atoms with van der Waals surface area (Å²) >= 11 is 5.98. The normalized spacial score (nSPS) is 12.6. The summed E-state index contributed by atoms with van der Waals surface area (Å²) in [7, 11) is 1.45. The number of alkyl halides is 1. The van der Waals surface area contributed by atoms with Crippen molar-refractivity contribution < 1.29 is 14.2 Å². The third-order valence-electron chi connectivity index (χ3n) is 3.78. The van der Waals surface area contributed by atoms with E-state index in [1.165, 1.54) is 19.8 Å². The number of imidazole rings is 1. The van der Waals surface area contributed by atoms with Crippen molar-refractivity contribution in [2.75, 3.05) is 19.6 Å². The lowest BCUT2D eigenvalue weighted by Crippen LogP contribution is -2.23. The van der Waals surface area contributed by atoms with Crippen molar-refractivity contribution in [1.82, 2.24) is 19.5 Å². The average Bonchev–Trinajstić information content (AvgIpc) is 3.13. The van der Waals surface area contributed by atoms with Crippen LogP contribution in [0.25, 0.3) is 11.2 Å². The van der Waals surface area contributed by atoms with Crippen LogP contribution in [-0.2, 0) is 27.5 Å². The number of hydrogen-bond donors (Lipinski definition) is 1. The second-order valence-corrected chi connectivity index (χ2v) is 6.13. The number of hydrogen-bond acceptors (Lipinski definition) is 7. The van der Waals surface area contributed by atoms with E-state index < -0.39 is 5.56 Å². The van der Waals surface area contributed by atoms with Crippen LogP contribution in [0, 0.1) is 0 Å². The molecule has 3 rings (SSSR count). The molecule has 0 bridgehead atoms. The number of methoxy groups -OCH3 is 1. The van der Waals surface area contributed by atoms with Gasteiger partial charge in [-0.25, -0.2) is 4.98 Å². The maximum atomic E-state index is 12.1. The monoisotopic (exact) mass is 405 g/mol. The highest BCUT2D eigenvalue weighted by atomic mass is 35.5. The van der Waals surface area contributed by atoms with Crippen LogP contribution < -0.4 is 5.56 Å². The molecule has 28 heavy (non-hydrogen) atoms. The molecule has 0 aliphatic rings. The largest absolute Gasteiger partial charge is 0.486 e. The zero-order valence-electron chi connectivity index (χ0n) is 15.2. The van der Waals surface area contributed by atoms with Gasteiger partial charge in [-0.15, -0.1) is 11.6 Å². The first kappa shape index (κ1) is 20.0. The van der Waals surface area contributed by atoms with E-state index in [2.05, 4.69) is 19.9 Å². The molecule has 1 aromatic carbocycles. The van der Waals surface area contributed by atoms with Crippen molar-refractivity contribution >= 4 is 35.1 Å². The van der Waals surface area contributed by atoms with Gasteiger partial charge in [0.05, 0.1) is 38.6 Å². The molecular weight excluding hydrogens is 386 g/mol. The Bertz CT molecular complexity index is 973. The van der Waals surface area contributed by atoms with Crippen LogP contribution in [0.2, 0.25) is 0 Å². The number of nitrogens with one attached hydrogen (secondary N) is 1. The Balaban J connectivity index is 1.62. The van der Waals surface area contributed by atoms with Gasteiger partial charge in [-0.05, 0) is 5.56 Å². The fraction of sp³-hybridized carbons (Fsp3) is 0.333. The third kappa shape index (κ3) is 5.16. The Labute approximate surface area is 166 Å². The Morgan fingerprint density at radius 2 is 2.18 bits per heavy atom. The molecule has 2 heterocycles. The molecule has 10 heteroatoms. The minimum Gasteiger partial charge on any atom is -0.486 e. The molecule has 148 valence electrons. The minimum absolute atomic E-state index is 0.112. The van der Waals surface area contributed by atoms with E-state index in [1.54, 1.807) is 4.57 Å². The smallest absolute Gasteiger partial charge is 0.280 e. The molecular formula is C18H20ClN5O4. The Kier molecular flexibility index (Phi) is 7.12. The van der Waals surface area contributed by atoms with Crippen molar-refractivity contribution in [2.24, 2.45) is 4.99 Å². The molecule has 1 N–H and O–H groups in total. The zero-order chi connectivity index (χ0) is 19.8. The number of rotatable bonds is 10. The quantitative estimate of drug-likeness (QED) is 0.315. The Morgan fingerprint density at radius 3 is 2.93 bits per heavy atom. The molecule has 9 nitrogen and oxygen atoms in total. The first-order chi connectivity index (χ1) is 13.7. The number of halogens is 1. The van der Waals surface area contributed by atoms with Gasteiger partial charge in [0, 0.05) is 0 Å². The summed E-state index contributed by atoms with van der Waals surface area (Å²) < 4.78 is 17.8. The zero-order valence-corrected chi connectivity index (χ0v) is 16.0. The van der Waals surface area contributed by atoms with Gasteiger partial charge in [0.2, 0.25) is 5.95 Å². The summed E-state index contributed by atoms with van der Waals surface area (Å²) in [6.07, 6.45) is 2.33. The SMILES string of the molecule is COC=Nc1nc2c(ncn2COC(CCl)COCc2ccccc2)c(=O)[nH]1. The Hall–Kier alpha value is -2.75. The summed E-state index contributed by atoms with van der Waals surface area (Å²) in [6, 6.07) is 9.84. The maximum Gasteiger partial charge on any atom is 0.280 e. The lowest BCUT2D eigenvalue weighted by atomic mass is 10.2. The van der Waals surface area contributed by atoms with Crippen molar-refractivity contribution in [3.63, 3.8) is 0 Å². The molecule has 0 aliphatic carbocycles. The van der Waals surface area contributed by atoms with Gasteiger partial charge >= 0.3 is 0 Å². The van der Waals surface area contributed by atoms with Gasteiger partial charge < -0.3 is 14.2 Å². The molecule has 0 aliphatic heterocycles. The van der Waals surface area contributed by atoms with Crippen molar-refractivity contribution in [2.45, 2.75) is 19.4 Å². The highest BCUT2D eigenvalue weighted by Crippen LogP contribution is 2.11. The van der Waals surface area contributed by atoms with E-state index in [9.17, 15) is 4.79 Å². The van der Waals surface area contributed by atoms with Crippen LogP contribution in [0.15, 0.2) is 46.4 Å². The predicted molar refractivity (Wildman–Crippen MR) is 105 cm³/mol. The molecule has 0 saturated heterocycles. The molecule has 0 fully saturated rings. The molecule has 0 amide bonds. The first-order valence-electron chi connectivity index (χ1n) is 8.51. The summed E-state index contributed by atoms with van der Waals surface area (Å²) in [5, 5.41) is 0. The average molecular weight is 406 g/mol. The number of aromatic nitrogens is 4. The lowest BCUT2D eigenvalue weighted by Gasteiger charge is -2.16. The van der Waals surface area contributed by atoms with Crippen molar-refractivity contribution in [3.8, 4) is 0 Å². The van der Waals surface area contributed by atoms with Crippen LogP contribution >= 0.6 is 11.6 Å². The fourth-order valence-electron chi connectivity index (χ4n) is 2.41. The number of fused-ring (bicyclic) bond motifs is 1. The second-order valence-electron chi connectivity index (χ2n) is 5.82. The van der Waals surface area contributed by atoms with Crippen molar-refractivity contribution in [1.29, 1.82) is 0 Å². The first-order valence-corrected chi connectivity index (χ1v) is 9.04. The number of aliphatic imine (C=N–C) groups is 1. The summed E-state index contributed by atoms with van der Waals surface area (Å²) in [4.78, 5) is 26.8. The van der Waals surface area contributed by atoms with E-state index in [0.29, 0.717) is 18.9 Å². The number of ether oxygens (including phenoxy) is 3. The van der Waals surface area contributed by atoms with Gasteiger partial charge in [0.25, 0.3) is 5.56 Å². The predicted octanol–water partition coefficient (Wildman–Crippen LogP) is 2.22. The van der Waals surface area contributed by atoms with Gasteiger partial charge in [-0.2, -0.15) is 9.98 Å². The van der Waals surface area contributed by atoms with Crippen LogP contribution in [0.5, 0.6) is 0 Å². The van der Waals surface area contributed by atoms with Gasteiger partial charge in [-0.1, -0.05) is 30.3 Å². The molecule has 3 aromatic rings. The van der Waals surface area contributed by atoms with Gasteiger partial charge in [0.1, 0.15) is 6.73 Å². The maximum absolute atomic E-state index is 12.1. The lowest BCUT2D eigenvalue weighted by molar-refractivity contribution is -0.0366. The van der Waals surface area contributed by atoms with E-state index >= 15 is 0 Å². The molecule has 1 atom stereocenters. The van der Waals surface area contributed by atoms with Crippen LogP contribution in [0.3, 0.4) is 0 Å². The summed E-state index contributed by atoms with van der Waals surface area (Å²) in [5.41, 5.74) is 1.23. The molecule has 0 radical (unpaired) electrons. The van der Waals surface area contributed by atoms with Gasteiger partial charge in [-0.3, -0.25) is 14.3 Å². The van der Waals surface area contributed by atoms with E-state index in [4.69, 9.17) is 25.8 Å². The second kappa shape index (κ2) is 9.98. The number of H-pyrrole nitrogens is 1. The number of nitrogens with zero attached hydrogens (tertiary/aromatic N) is 4. The third-order valence-corrected chi connectivity index (χ3v) is 4.12. The fourth-order valence-corrected chi connectivity index (χ4v) is 2.58. The highest BCUT2D eigenvalue weighted by molar-refractivity contribution is 6.18. The standard InChI is InChI=1S/C18H20ClN5O4/c1-26-11-21-18-22-16-15(17(25)23-18)20-10-24(16)12-28-14(7-19)9-27-8-13-5-3-2-4-6-13/h2-6,10-11,14H,7-9,12H2,1H3,(H,22,23,25). The summed E-state index contributed by atoms with van der Waals surface area (Å²) in [6.45, 7) is 0.929. The number of aromatic amines is 1. The number of benzene rings is 1. The van der Waals surface area contributed by atoms with E-state index in [-0.39, 0.29) is 30.2 Å². The van der Waals surface area contributed by atoms with Crippen LogP contribution in [0.1, 0.15) is 5.56 Å².